The van der Waals surface area contributed by atoms with Crippen LogP contribution in [0.25, 0.3) is 0 Å². The highest BCUT2D eigenvalue weighted by Gasteiger charge is 2.24. The fraction of sp³-hybridized carbons (Fsp3) is 0.647. The Labute approximate surface area is 123 Å². The van der Waals surface area contributed by atoms with E-state index >= 15 is 0 Å². The maximum absolute atomic E-state index is 5.49. The molecule has 1 fully saturated rings. The monoisotopic (exact) mass is 276 g/mol. The molecule has 0 amide bonds. The zero-order valence-corrected chi connectivity index (χ0v) is 12.8. The van der Waals surface area contributed by atoms with Crippen LogP contribution in [0.15, 0.2) is 30.3 Å². The third-order valence-electron chi connectivity index (χ3n) is 4.08. The van der Waals surface area contributed by atoms with Crippen molar-refractivity contribution >= 4 is 0 Å². The van der Waals surface area contributed by atoms with Gasteiger partial charge in [-0.2, -0.15) is 0 Å². The second-order valence-electron chi connectivity index (χ2n) is 5.67. The molecule has 0 spiro atoms. The van der Waals surface area contributed by atoms with Crippen LogP contribution in [-0.4, -0.2) is 44.3 Å². The van der Waals surface area contributed by atoms with Crippen molar-refractivity contribution in [3.8, 4) is 0 Å². The van der Waals surface area contributed by atoms with Crippen LogP contribution in [0.3, 0.4) is 0 Å². The number of hydrogen-bond acceptors (Lipinski definition) is 3. The summed E-state index contributed by atoms with van der Waals surface area (Å²) in [6.07, 6.45) is 3.79. The van der Waals surface area contributed by atoms with E-state index in [1.165, 1.54) is 31.4 Å². The molecule has 1 aromatic carbocycles. The predicted molar refractivity (Wildman–Crippen MR) is 83.9 cm³/mol. The zero-order chi connectivity index (χ0) is 14.2. The van der Waals surface area contributed by atoms with Gasteiger partial charge in [-0.1, -0.05) is 37.3 Å². The number of hydrogen-bond donors (Lipinski definition) is 1. The molecular formula is C17H28N2O. The van der Waals surface area contributed by atoms with Gasteiger partial charge in [0.25, 0.3) is 0 Å². The molecule has 1 aromatic rings. The number of nitrogens with zero attached hydrogens (tertiary/aromatic N) is 1. The topological polar surface area (TPSA) is 24.5 Å². The summed E-state index contributed by atoms with van der Waals surface area (Å²) in [6, 6.07) is 11.8. The second-order valence-corrected chi connectivity index (χ2v) is 5.67. The van der Waals surface area contributed by atoms with Gasteiger partial charge in [0.2, 0.25) is 0 Å². The average Bonchev–Trinajstić information content (AvgIpc) is 2.98. The Balaban J connectivity index is 2.09. The summed E-state index contributed by atoms with van der Waals surface area (Å²) in [5.41, 5.74) is 1.36. The third-order valence-corrected chi connectivity index (χ3v) is 4.08. The summed E-state index contributed by atoms with van der Waals surface area (Å²) in [4.78, 5) is 2.59. The van der Waals surface area contributed by atoms with Crippen LogP contribution in [0.2, 0.25) is 0 Å². The molecule has 0 bridgehead atoms. The Morgan fingerprint density at radius 1 is 1.35 bits per heavy atom. The minimum atomic E-state index is 0.364. The first-order valence-corrected chi connectivity index (χ1v) is 7.86. The maximum atomic E-state index is 5.49. The van der Waals surface area contributed by atoms with E-state index in [1.807, 2.05) is 0 Å². The van der Waals surface area contributed by atoms with Crippen LogP contribution >= 0.6 is 0 Å². The van der Waals surface area contributed by atoms with Gasteiger partial charge in [-0.3, -0.25) is 4.90 Å². The van der Waals surface area contributed by atoms with Gasteiger partial charge >= 0.3 is 0 Å². The fourth-order valence-electron chi connectivity index (χ4n) is 3.10. The van der Waals surface area contributed by atoms with E-state index in [9.17, 15) is 0 Å². The molecule has 2 atom stereocenters. The van der Waals surface area contributed by atoms with E-state index in [0.29, 0.717) is 12.1 Å². The number of ether oxygens (including phenoxy) is 1. The number of rotatable bonds is 8. The van der Waals surface area contributed by atoms with Crippen LogP contribution < -0.4 is 5.32 Å². The van der Waals surface area contributed by atoms with Gasteiger partial charge in [0.05, 0.1) is 12.6 Å². The molecule has 3 heteroatoms. The van der Waals surface area contributed by atoms with Crippen molar-refractivity contribution < 1.29 is 4.74 Å². The van der Waals surface area contributed by atoms with Gasteiger partial charge in [-0.15, -0.1) is 0 Å². The predicted octanol–water partition coefficient (Wildman–Crippen LogP) is 2.84. The molecule has 0 aliphatic carbocycles. The lowest BCUT2D eigenvalue weighted by Gasteiger charge is -2.33. The quantitative estimate of drug-likeness (QED) is 0.790. The molecule has 0 radical (unpaired) electrons. The van der Waals surface area contributed by atoms with Crippen LogP contribution in [0.4, 0.5) is 0 Å². The number of methoxy groups -OCH3 is 1. The van der Waals surface area contributed by atoms with E-state index < -0.39 is 0 Å². The molecule has 0 aromatic heterocycles. The molecular weight excluding hydrogens is 248 g/mol. The van der Waals surface area contributed by atoms with E-state index in [-0.39, 0.29) is 0 Å². The molecule has 1 aliphatic heterocycles. The molecule has 3 nitrogen and oxygen atoms in total. The van der Waals surface area contributed by atoms with Crippen LogP contribution in [-0.2, 0) is 4.74 Å². The molecule has 2 rings (SSSR count). The van der Waals surface area contributed by atoms with Gasteiger partial charge in [0.15, 0.2) is 0 Å². The lowest BCUT2D eigenvalue weighted by atomic mass is 10.0. The van der Waals surface area contributed by atoms with E-state index in [1.54, 1.807) is 7.11 Å². The highest BCUT2D eigenvalue weighted by molar-refractivity contribution is 5.19. The summed E-state index contributed by atoms with van der Waals surface area (Å²) < 4.78 is 5.49. The molecule has 2 unspecified atom stereocenters. The molecule has 20 heavy (non-hydrogen) atoms. The Hall–Kier alpha value is -0.900. The molecule has 0 saturated carbocycles. The van der Waals surface area contributed by atoms with Crippen molar-refractivity contribution in [2.75, 3.05) is 33.4 Å². The largest absolute Gasteiger partial charge is 0.383 e. The lowest BCUT2D eigenvalue weighted by molar-refractivity contribution is 0.0838. The summed E-state index contributed by atoms with van der Waals surface area (Å²) >= 11 is 0. The summed E-state index contributed by atoms with van der Waals surface area (Å²) in [5, 5.41) is 3.61. The molecule has 1 N–H and O–H groups in total. The Kier molecular flexibility index (Phi) is 6.51. The van der Waals surface area contributed by atoms with Gasteiger partial charge in [0.1, 0.15) is 0 Å². The maximum Gasteiger partial charge on any atom is 0.0659 e. The highest BCUT2D eigenvalue weighted by Crippen LogP contribution is 2.23. The van der Waals surface area contributed by atoms with Gasteiger partial charge in [-0.25, -0.2) is 0 Å². The summed E-state index contributed by atoms with van der Waals surface area (Å²) in [5.74, 6) is 0. The van der Waals surface area contributed by atoms with E-state index in [0.717, 1.165) is 19.7 Å². The van der Waals surface area contributed by atoms with Crippen molar-refractivity contribution in [3.05, 3.63) is 35.9 Å². The van der Waals surface area contributed by atoms with E-state index in [4.69, 9.17) is 4.74 Å². The first-order chi connectivity index (χ1) is 9.85. The highest BCUT2D eigenvalue weighted by atomic mass is 16.5. The molecule has 1 heterocycles. The van der Waals surface area contributed by atoms with Crippen LogP contribution in [0.5, 0.6) is 0 Å². The van der Waals surface area contributed by atoms with Crippen LogP contribution in [0.1, 0.15) is 37.8 Å². The smallest absolute Gasteiger partial charge is 0.0659 e. The molecule has 112 valence electrons. The minimum Gasteiger partial charge on any atom is -0.383 e. The Bertz CT molecular complexity index is 363. The van der Waals surface area contributed by atoms with Gasteiger partial charge in [-0.05, 0) is 37.9 Å². The first kappa shape index (κ1) is 15.5. The first-order valence-electron chi connectivity index (χ1n) is 7.86. The van der Waals surface area contributed by atoms with Crippen molar-refractivity contribution in [2.45, 2.75) is 38.3 Å². The molecule has 1 saturated heterocycles. The average molecular weight is 276 g/mol. The molecule has 1 aliphatic rings. The number of benzene rings is 1. The normalized spacial score (nSPS) is 20.4. The SMILES string of the molecule is CCCN(CC1CCCN1)C(COC)c1ccccc1. The third kappa shape index (κ3) is 4.30. The standard InChI is InChI=1S/C17H28N2O/c1-3-12-19(13-16-10-7-11-18-16)17(14-20-2)15-8-5-4-6-9-15/h4-6,8-9,16-18H,3,7,10-14H2,1-2H3. The lowest BCUT2D eigenvalue weighted by Crippen LogP contribution is -2.41. The van der Waals surface area contributed by atoms with Crippen molar-refractivity contribution in [1.82, 2.24) is 10.2 Å². The summed E-state index contributed by atoms with van der Waals surface area (Å²) in [6.45, 7) is 6.43. The number of nitrogens with one attached hydrogen (secondary N) is 1. The zero-order valence-electron chi connectivity index (χ0n) is 12.8. The van der Waals surface area contributed by atoms with Crippen molar-refractivity contribution in [3.63, 3.8) is 0 Å². The van der Waals surface area contributed by atoms with Crippen molar-refractivity contribution in [1.29, 1.82) is 0 Å². The van der Waals surface area contributed by atoms with Gasteiger partial charge in [0, 0.05) is 19.7 Å². The minimum absolute atomic E-state index is 0.364. The Morgan fingerprint density at radius 3 is 2.75 bits per heavy atom. The second kappa shape index (κ2) is 8.40. The Morgan fingerprint density at radius 2 is 2.15 bits per heavy atom. The van der Waals surface area contributed by atoms with Crippen molar-refractivity contribution in [2.24, 2.45) is 0 Å². The van der Waals surface area contributed by atoms with Gasteiger partial charge < -0.3 is 10.1 Å². The fourth-order valence-corrected chi connectivity index (χ4v) is 3.10. The van der Waals surface area contributed by atoms with E-state index in [2.05, 4.69) is 47.5 Å². The van der Waals surface area contributed by atoms with Crippen LogP contribution in [0, 0.1) is 0 Å². The summed E-state index contributed by atoms with van der Waals surface area (Å²) in [7, 11) is 1.80.